The highest BCUT2D eigenvalue weighted by Crippen LogP contribution is 2.31. The molecule has 0 radical (unpaired) electrons. The Bertz CT molecular complexity index is 750. The summed E-state index contributed by atoms with van der Waals surface area (Å²) in [5.74, 6) is -0.237. The Kier molecular flexibility index (Phi) is 6.09. The fraction of sp³-hybridized carbons (Fsp3) is 0.333. The average molecular weight is 416 g/mol. The van der Waals surface area contributed by atoms with E-state index in [-0.39, 0.29) is 24.5 Å². The number of halogens is 1. The van der Waals surface area contributed by atoms with E-state index in [0.29, 0.717) is 6.42 Å². The maximum absolute atomic E-state index is 13.1. The molecule has 0 aliphatic carbocycles. The first-order valence-corrected chi connectivity index (χ1v) is 9.76. The third kappa shape index (κ3) is 3.98. The molecule has 0 N–H and O–H groups in total. The van der Waals surface area contributed by atoms with E-state index < -0.39 is 10.9 Å². The number of ether oxygens (including phenoxy) is 1. The zero-order valence-electron chi connectivity index (χ0n) is 14.7. The lowest BCUT2D eigenvalue weighted by atomic mass is 9.92. The molecule has 0 bridgehead atoms. The summed E-state index contributed by atoms with van der Waals surface area (Å²) >= 11 is 3.56. The van der Waals surface area contributed by atoms with Crippen molar-refractivity contribution in [1.82, 2.24) is 4.90 Å². The molecular weight excluding hydrogens is 394 g/mol. The molecule has 3 atom stereocenters. The minimum Gasteiger partial charge on any atom is -0.447 e. The Morgan fingerprint density at radius 2 is 1.77 bits per heavy atom. The van der Waals surface area contributed by atoms with Crippen LogP contribution in [0, 0.1) is 0 Å². The Balaban J connectivity index is 1.78. The van der Waals surface area contributed by atoms with Crippen LogP contribution < -0.4 is 0 Å². The lowest BCUT2D eigenvalue weighted by Crippen LogP contribution is -2.45. The van der Waals surface area contributed by atoms with E-state index in [0.717, 1.165) is 17.5 Å². The lowest BCUT2D eigenvalue weighted by molar-refractivity contribution is -0.128. The Hall–Kier alpha value is -2.14. The quantitative estimate of drug-likeness (QED) is 0.650. The van der Waals surface area contributed by atoms with E-state index in [4.69, 9.17) is 4.74 Å². The van der Waals surface area contributed by atoms with E-state index in [1.54, 1.807) is 0 Å². The van der Waals surface area contributed by atoms with Gasteiger partial charge in [-0.05, 0) is 24.0 Å². The van der Waals surface area contributed by atoms with Crippen molar-refractivity contribution in [2.45, 2.75) is 36.6 Å². The zero-order valence-corrected chi connectivity index (χ0v) is 16.3. The van der Waals surface area contributed by atoms with Crippen molar-refractivity contribution in [3.63, 3.8) is 0 Å². The SMILES string of the molecule is CC[C@@H](c1ccccc1)[C@H](Br)C(=O)N1C(=O)OC[C@@H]1Cc1ccccc1. The molecule has 2 aromatic rings. The molecule has 2 amide bonds. The van der Waals surface area contributed by atoms with Crippen LogP contribution in [-0.4, -0.2) is 34.4 Å². The van der Waals surface area contributed by atoms with Crippen LogP contribution in [-0.2, 0) is 16.0 Å². The van der Waals surface area contributed by atoms with Crippen molar-refractivity contribution in [2.24, 2.45) is 0 Å². The van der Waals surface area contributed by atoms with Gasteiger partial charge >= 0.3 is 6.09 Å². The van der Waals surface area contributed by atoms with Gasteiger partial charge in [-0.1, -0.05) is 83.5 Å². The molecular formula is C21H22BrNO3. The minimum atomic E-state index is -0.553. The molecule has 0 unspecified atom stereocenters. The van der Waals surface area contributed by atoms with E-state index in [9.17, 15) is 9.59 Å². The first-order chi connectivity index (χ1) is 12.6. The average Bonchev–Trinajstić information content (AvgIpc) is 3.03. The smallest absolute Gasteiger partial charge is 0.417 e. The van der Waals surface area contributed by atoms with Crippen LogP contribution in [0.15, 0.2) is 60.7 Å². The van der Waals surface area contributed by atoms with Gasteiger partial charge in [0.2, 0.25) is 5.91 Å². The second-order valence-electron chi connectivity index (χ2n) is 6.46. The van der Waals surface area contributed by atoms with E-state index in [2.05, 4.69) is 15.9 Å². The van der Waals surface area contributed by atoms with Crippen LogP contribution >= 0.6 is 15.9 Å². The van der Waals surface area contributed by atoms with Crippen molar-refractivity contribution in [3.05, 3.63) is 71.8 Å². The summed E-state index contributed by atoms with van der Waals surface area (Å²) in [4.78, 5) is 26.2. The Morgan fingerprint density at radius 3 is 2.38 bits per heavy atom. The molecule has 1 saturated heterocycles. The minimum absolute atomic E-state index is 0.00512. The second-order valence-corrected chi connectivity index (χ2v) is 7.44. The molecule has 4 nitrogen and oxygen atoms in total. The standard InChI is InChI=1S/C21H22BrNO3/c1-2-18(16-11-7-4-8-12-16)19(22)20(24)23-17(14-26-21(23)25)13-15-9-5-3-6-10-15/h3-12,17-19H,2,13-14H2,1H3/t17-,18-,19-/m0/s1. The van der Waals surface area contributed by atoms with E-state index in [1.807, 2.05) is 67.6 Å². The van der Waals surface area contributed by atoms with Crippen molar-refractivity contribution in [2.75, 3.05) is 6.61 Å². The predicted molar refractivity (Wildman–Crippen MR) is 104 cm³/mol. The number of hydrogen-bond donors (Lipinski definition) is 0. The first kappa shape index (κ1) is 18.6. The normalized spacial score (nSPS) is 19.1. The van der Waals surface area contributed by atoms with Gasteiger partial charge in [-0.3, -0.25) is 4.79 Å². The maximum atomic E-state index is 13.1. The van der Waals surface area contributed by atoms with Gasteiger partial charge < -0.3 is 4.74 Å². The fourth-order valence-electron chi connectivity index (χ4n) is 3.38. The lowest BCUT2D eigenvalue weighted by Gasteiger charge is -2.26. The number of imide groups is 1. The highest BCUT2D eigenvalue weighted by molar-refractivity contribution is 9.10. The topological polar surface area (TPSA) is 46.6 Å². The summed E-state index contributed by atoms with van der Waals surface area (Å²) in [7, 11) is 0. The molecule has 136 valence electrons. The van der Waals surface area contributed by atoms with E-state index >= 15 is 0 Å². The molecule has 1 aliphatic rings. The van der Waals surface area contributed by atoms with Crippen LogP contribution in [0.1, 0.15) is 30.4 Å². The molecule has 0 aromatic heterocycles. The van der Waals surface area contributed by atoms with Gasteiger partial charge in [0.1, 0.15) is 11.4 Å². The van der Waals surface area contributed by atoms with Crippen molar-refractivity contribution >= 4 is 27.9 Å². The highest BCUT2D eigenvalue weighted by Gasteiger charge is 2.42. The number of carbonyl (C=O) groups is 2. The second kappa shape index (κ2) is 8.49. The number of carbonyl (C=O) groups excluding carboxylic acids is 2. The fourth-order valence-corrected chi connectivity index (χ4v) is 4.28. The summed E-state index contributed by atoms with van der Waals surface area (Å²) in [6.07, 6.45) is 0.834. The molecule has 0 spiro atoms. The zero-order chi connectivity index (χ0) is 18.5. The summed E-state index contributed by atoms with van der Waals surface area (Å²) < 4.78 is 5.19. The van der Waals surface area contributed by atoms with Crippen LogP contribution in [0.4, 0.5) is 4.79 Å². The summed E-state index contributed by atoms with van der Waals surface area (Å²) in [6, 6.07) is 19.5. The number of benzene rings is 2. The van der Waals surface area contributed by atoms with Gasteiger partial charge in [-0.15, -0.1) is 0 Å². The molecule has 1 fully saturated rings. The van der Waals surface area contributed by atoms with Gasteiger partial charge in [0, 0.05) is 5.92 Å². The predicted octanol–water partition coefficient (Wildman–Crippen LogP) is 4.53. The number of cyclic esters (lactones) is 1. The molecule has 5 heteroatoms. The monoisotopic (exact) mass is 415 g/mol. The maximum Gasteiger partial charge on any atom is 0.417 e. The molecule has 1 heterocycles. The molecule has 0 saturated carbocycles. The largest absolute Gasteiger partial charge is 0.447 e. The number of hydrogen-bond acceptors (Lipinski definition) is 3. The Labute approximate surface area is 162 Å². The number of rotatable bonds is 6. The van der Waals surface area contributed by atoms with Gasteiger partial charge in [-0.2, -0.15) is 0 Å². The van der Waals surface area contributed by atoms with Gasteiger partial charge in [0.05, 0.1) is 6.04 Å². The third-order valence-corrected chi connectivity index (χ3v) is 5.80. The van der Waals surface area contributed by atoms with E-state index in [1.165, 1.54) is 4.90 Å². The number of alkyl halides is 1. The Morgan fingerprint density at radius 1 is 1.15 bits per heavy atom. The highest BCUT2D eigenvalue weighted by atomic mass is 79.9. The van der Waals surface area contributed by atoms with Crippen molar-refractivity contribution < 1.29 is 14.3 Å². The van der Waals surface area contributed by atoms with Crippen LogP contribution in [0.2, 0.25) is 0 Å². The van der Waals surface area contributed by atoms with Crippen LogP contribution in [0.5, 0.6) is 0 Å². The molecule has 2 aromatic carbocycles. The van der Waals surface area contributed by atoms with Gasteiger partial charge in [0.25, 0.3) is 0 Å². The summed E-state index contributed by atoms with van der Waals surface area (Å²) in [5, 5.41) is 0. The molecule has 26 heavy (non-hydrogen) atoms. The summed E-state index contributed by atoms with van der Waals surface area (Å²) in [6.45, 7) is 2.28. The summed E-state index contributed by atoms with van der Waals surface area (Å²) in [5.41, 5.74) is 2.16. The van der Waals surface area contributed by atoms with Crippen LogP contribution in [0.25, 0.3) is 0 Å². The number of amides is 2. The van der Waals surface area contributed by atoms with Crippen LogP contribution in [0.3, 0.4) is 0 Å². The van der Waals surface area contributed by atoms with Crippen molar-refractivity contribution in [3.8, 4) is 0 Å². The first-order valence-electron chi connectivity index (χ1n) is 8.84. The van der Waals surface area contributed by atoms with Gasteiger partial charge in [-0.25, -0.2) is 9.69 Å². The number of nitrogens with zero attached hydrogens (tertiary/aromatic N) is 1. The third-order valence-electron chi connectivity index (χ3n) is 4.77. The molecule has 1 aliphatic heterocycles. The molecule has 3 rings (SSSR count). The van der Waals surface area contributed by atoms with Crippen molar-refractivity contribution in [1.29, 1.82) is 0 Å². The van der Waals surface area contributed by atoms with Gasteiger partial charge in [0.15, 0.2) is 0 Å².